The first-order valence-electron chi connectivity index (χ1n) is 19.0. The summed E-state index contributed by atoms with van der Waals surface area (Å²) in [5.41, 5.74) is 9.97. The Balaban J connectivity index is 1.07. The molecule has 6 heteroatoms. The number of furan rings is 1. The van der Waals surface area contributed by atoms with Crippen molar-refractivity contribution < 1.29 is 4.42 Å². The van der Waals surface area contributed by atoms with Gasteiger partial charge in [0, 0.05) is 58.7 Å². The maximum atomic E-state index is 6.70. The summed E-state index contributed by atoms with van der Waals surface area (Å²) in [6.45, 7) is 0. The molecule has 0 unspecified atom stereocenters. The number of thiophene rings is 1. The molecule has 0 spiro atoms. The van der Waals surface area contributed by atoms with Crippen LogP contribution in [-0.2, 0) is 0 Å². The fourth-order valence-corrected chi connectivity index (χ4v) is 9.48. The maximum absolute atomic E-state index is 6.70. The zero-order valence-electron chi connectivity index (χ0n) is 30.4. The van der Waals surface area contributed by atoms with Gasteiger partial charge in [0.2, 0.25) is 0 Å². The molecule has 0 bridgehead atoms. The third-order valence-electron chi connectivity index (χ3n) is 11.0. The van der Waals surface area contributed by atoms with E-state index in [-0.39, 0.29) is 0 Å². The van der Waals surface area contributed by atoms with Crippen molar-refractivity contribution in [2.45, 2.75) is 0 Å². The fourth-order valence-electron chi connectivity index (χ4n) is 8.40. The van der Waals surface area contributed by atoms with E-state index in [1.165, 1.54) is 30.9 Å². The van der Waals surface area contributed by atoms with E-state index in [0.717, 1.165) is 66.5 Å². The summed E-state index contributed by atoms with van der Waals surface area (Å²) >= 11 is 1.80. The van der Waals surface area contributed by atoms with Crippen molar-refractivity contribution >= 4 is 75.3 Å². The largest absolute Gasteiger partial charge is 0.456 e. The number of para-hydroxylation sites is 2. The highest BCUT2D eigenvalue weighted by Crippen LogP contribution is 2.42. The number of aromatic nitrogens is 4. The minimum atomic E-state index is 0.585. The van der Waals surface area contributed by atoms with Gasteiger partial charge in [-0.05, 0) is 83.9 Å². The Labute approximate surface area is 330 Å². The van der Waals surface area contributed by atoms with Crippen LogP contribution in [0.3, 0.4) is 0 Å². The lowest BCUT2D eigenvalue weighted by molar-refractivity contribution is 0.669. The Morgan fingerprint density at radius 1 is 0.386 bits per heavy atom. The lowest BCUT2D eigenvalue weighted by Gasteiger charge is -2.10. The van der Waals surface area contributed by atoms with E-state index in [0.29, 0.717) is 17.5 Å². The predicted octanol–water partition coefficient (Wildman–Crippen LogP) is 13.9. The standard InChI is InChI=1S/C51H30N4OS/c1-3-12-31(13-4-1)32-14-11-15-33(28-32)49-52-50(34-23-27-46-41(29-34)38-19-8-10-21-45(38)57-46)54-51(53-49)35-22-24-40-44(30-35)56-43-26-25-39-37-18-7-9-20-42(37)55(48(39)47(40)43)36-16-5-2-6-17-36/h1-30H. The molecule has 57 heavy (non-hydrogen) atoms. The molecule has 8 aromatic carbocycles. The number of fused-ring (bicyclic) bond motifs is 10. The molecule has 5 nitrogen and oxygen atoms in total. The Morgan fingerprint density at radius 2 is 1.00 bits per heavy atom. The lowest BCUT2D eigenvalue weighted by atomic mass is 10.0. The summed E-state index contributed by atoms with van der Waals surface area (Å²) in [5.74, 6) is 1.82. The molecule has 0 aliphatic rings. The van der Waals surface area contributed by atoms with Crippen LogP contribution in [0, 0.1) is 0 Å². The highest BCUT2D eigenvalue weighted by molar-refractivity contribution is 7.25. The molecule has 0 N–H and O–H groups in total. The predicted molar refractivity (Wildman–Crippen MR) is 236 cm³/mol. The van der Waals surface area contributed by atoms with Crippen LogP contribution in [0.25, 0.3) is 115 Å². The van der Waals surface area contributed by atoms with Crippen molar-refractivity contribution in [1.29, 1.82) is 0 Å². The average Bonchev–Trinajstić information content (AvgIpc) is 3.96. The normalized spacial score (nSPS) is 11.9. The molecule has 4 heterocycles. The van der Waals surface area contributed by atoms with E-state index < -0.39 is 0 Å². The lowest BCUT2D eigenvalue weighted by Crippen LogP contribution is -2.00. The third-order valence-corrected chi connectivity index (χ3v) is 12.2. The zero-order valence-corrected chi connectivity index (χ0v) is 31.2. The number of rotatable bonds is 5. The van der Waals surface area contributed by atoms with Gasteiger partial charge < -0.3 is 8.98 Å². The molecule has 12 aromatic rings. The topological polar surface area (TPSA) is 56.7 Å². The number of hydrogen-bond acceptors (Lipinski definition) is 5. The van der Waals surface area contributed by atoms with Crippen LogP contribution in [0.4, 0.5) is 0 Å². The van der Waals surface area contributed by atoms with Crippen LogP contribution >= 0.6 is 11.3 Å². The highest BCUT2D eigenvalue weighted by atomic mass is 32.1. The van der Waals surface area contributed by atoms with Gasteiger partial charge in [0.25, 0.3) is 0 Å². The van der Waals surface area contributed by atoms with Crippen molar-refractivity contribution in [3.8, 4) is 51.0 Å². The molecule has 4 aromatic heterocycles. The molecule has 266 valence electrons. The van der Waals surface area contributed by atoms with Gasteiger partial charge in [-0.1, -0.05) is 109 Å². The van der Waals surface area contributed by atoms with Gasteiger partial charge in [-0.3, -0.25) is 0 Å². The summed E-state index contributed by atoms with van der Waals surface area (Å²) in [4.78, 5) is 15.5. The van der Waals surface area contributed by atoms with Crippen LogP contribution in [0.5, 0.6) is 0 Å². The minimum Gasteiger partial charge on any atom is -0.456 e. The first kappa shape index (κ1) is 31.9. The third kappa shape index (κ3) is 5.12. The number of hydrogen-bond donors (Lipinski definition) is 0. The smallest absolute Gasteiger partial charge is 0.164 e. The Bertz CT molecular complexity index is 3530. The monoisotopic (exact) mass is 746 g/mol. The molecule has 0 saturated carbocycles. The maximum Gasteiger partial charge on any atom is 0.164 e. The molecule has 0 aliphatic carbocycles. The van der Waals surface area contributed by atoms with Crippen LogP contribution in [0.2, 0.25) is 0 Å². The summed E-state index contributed by atoms with van der Waals surface area (Å²) < 4.78 is 11.6. The minimum absolute atomic E-state index is 0.585. The van der Waals surface area contributed by atoms with E-state index in [4.69, 9.17) is 19.4 Å². The first-order chi connectivity index (χ1) is 28.2. The molecule has 0 aliphatic heterocycles. The van der Waals surface area contributed by atoms with Crippen molar-refractivity contribution in [3.63, 3.8) is 0 Å². The zero-order chi connectivity index (χ0) is 37.5. The summed E-state index contributed by atoms with van der Waals surface area (Å²) in [6, 6.07) is 63.7. The molecule has 0 fully saturated rings. The van der Waals surface area contributed by atoms with Crippen molar-refractivity contribution in [2.75, 3.05) is 0 Å². The molecule has 0 saturated heterocycles. The van der Waals surface area contributed by atoms with E-state index >= 15 is 0 Å². The molecule has 0 radical (unpaired) electrons. The van der Waals surface area contributed by atoms with Crippen LogP contribution in [0.1, 0.15) is 0 Å². The SMILES string of the molecule is c1ccc(-c2cccc(-c3nc(-c4ccc5c(c4)oc4ccc6c7ccccc7n(-c7ccccc7)c6c45)nc(-c4ccc5sc6ccccc6c5c4)n3)c2)cc1. The highest BCUT2D eigenvalue weighted by Gasteiger charge is 2.21. The second-order valence-corrected chi connectivity index (χ2v) is 15.5. The van der Waals surface area contributed by atoms with Crippen LogP contribution < -0.4 is 0 Å². The molecular weight excluding hydrogens is 717 g/mol. The van der Waals surface area contributed by atoms with Crippen molar-refractivity contribution in [3.05, 3.63) is 182 Å². The van der Waals surface area contributed by atoms with Crippen LogP contribution in [0.15, 0.2) is 186 Å². The Kier molecular flexibility index (Phi) is 7.03. The van der Waals surface area contributed by atoms with Gasteiger partial charge >= 0.3 is 0 Å². The molecule has 0 atom stereocenters. The quantitative estimate of drug-likeness (QED) is 0.176. The second-order valence-electron chi connectivity index (χ2n) is 14.4. The fraction of sp³-hybridized carbons (Fsp3) is 0. The van der Waals surface area contributed by atoms with Crippen molar-refractivity contribution in [1.82, 2.24) is 19.5 Å². The van der Waals surface area contributed by atoms with Gasteiger partial charge in [-0.25, -0.2) is 15.0 Å². The summed E-state index contributed by atoms with van der Waals surface area (Å²) in [7, 11) is 0. The van der Waals surface area contributed by atoms with E-state index in [9.17, 15) is 0 Å². The Morgan fingerprint density at radius 3 is 1.82 bits per heavy atom. The molecule has 0 amide bonds. The van der Waals surface area contributed by atoms with E-state index in [2.05, 4.69) is 180 Å². The van der Waals surface area contributed by atoms with Gasteiger partial charge in [-0.15, -0.1) is 11.3 Å². The van der Waals surface area contributed by atoms with Gasteiger partial charge in [-0.2, -0.15) is 0 Å². The van der Waals surface area contributed by atoms with Crippen LogP contribution in [-0.4, -0.2) is 19.5 Å². The molecule has 12 rings (SSSR count). The molecular formula is C51H30N4OS. The van der Waals surface area contributed by atoms with Gasteiger partial charge in [0.15, 0.2) is 17.5 Å². The summed E-state index contributed by atoms with van der Waals surface area (Å²) in [6.07, 6.45) is 0. The van der Waals surface area contributed by atoms with E-state index in [1.54, 1.807) is 11.3 Å². The average molecular weight is 747 g/mol. The number of nitrogens with zero attached hydrogens (tertiary/aromatic N) is 4. The van der Waals surface area contributed by atoms with E-state index in [1.807, 2.05) is 6.07 Å². The first-order valence-corrected chi connectivity index (χ1v) is 19.8. The van der Waals surface area contributed by atoms with Gasteiger partial charge in [0.05, 0.1) is 16.4 Å². The second kappa shape index (κ2) is 12.6. The van der Waals surface area contributed by atoms with Crippen molar-refractivity contribution in [2.24, 2.45) is 0 Å². The van der Waals surface area contributed by atoms with Gasteiger partial charge in [0.1, 0.15) is 11.2 Å². The number of benzene rings is 8. The summed E-state index contributed by atoms with van der Waals surface area (Å²) in [5, 5.41) is 6.96. The Hall–Kier alpha value is -7.41.